The molecule has 0 saturated carbocycles. The second kappa shape index (κ2) is 10.5. The second-order valence-electron chi connectivity index (χ2n) is 7.19. The van der Waals surface area contributed by atoms with Crippen LogP contribution < -0.4 is 14.8 Å². The normalized spacial score (nSPS) is 13.8. The van der Waals surface area contributed by atoms with E-state index in [0.717, 1.165) is 0 Å². The van der Waals surface area contributed by atoms with Crippen LogP contribution in [0.15, 0.2) is 42.6 Å². The minimum atomic E-state index is -0.961. The molecule has 8 heteroatoms. The molecule has 0 unspecified atom stereocenters. The van der Waals surface area contributed by atoms with Crippen molar-refractivity contribution in [2.24, 2.45) is 5.92 Å². The third-order valence-corrected chi connectivity index (χ3v) is 4.46. The largest absolute Gasteiger partial charge is 0.503 e. The van der Waals surface area contributed by atoms with Crippen molar-refractivity contribution in [3.8, 4) is 17.2 Å². The Morgan fingerprint density at radius 2 is 1.73 bits per heavy atom. The molecule has 1 aromatic carbocycles. The number of esters is 1. The Morgan fingerprint density at radius 3 is 2.33 bits per heavy atom. The van der Waals surface area contributed by atoms with Crippen LogP contribution in [-0.4, -0.2) is 47.3 Å². The van der Waals surface area contributed by atoms with Crippen molar-refractivity contribution < 1.29 is 28.9 Å². The van der Waals surface area contributed by atoms with E-state index in [9.17, 15) is 14.7 Å². The monoisotopic (exact) mass is 416 g/mol. The lowest BCUT2D eigenvalue weighted by atomic mass is 10.0. The van der Waals surface area contributed by atoms with E-state index in [1.54, 1.807) is 6.92 Å². The van der Waals surface area contributed by atoms with Crippen molar-refractivity contribution >= 4 is 11.9 Å². The molecule has 0 aliphatic heterocycles. The minimum absolute atomic E-state index is 0.0795. The molecule has 0 aliphatic rings. The summed E-state index contributed by atoms with van der Waals surface area (Å²) in [7, 11) is 1.36. The molecule has 8 nitrogen and oxygen atoms in total. The van der Waals surface area contributed by atoms with E-state index in [-0.39, 0.29) is 23.5 Å². The van der Waals surface area contributed by atoms with E-state index in [1.807, 2.05) is 44.2 Å². The van der Waals surface area contributed by atoms with Gasteiger partial charge in [0.25, 0.3) is 5.91 Å². The Balaban J connectivity index is 2.00. The van der Waals surface area contributed by atoms with E-state index < -0.39 is 29.8 Å². The van der Waals surface area contributed by atoms with Gasteiger partial charge in [-0.2, -0.15) is 0 Å². The molecule has 3 atom stereocenters. The van der Waals surface area contributed by atoms with Gasteiger partial charge in [-0.15, -0.1) is 0 Å². The SMILES string of the molecule is COc1ccnc(C(=O)N[C@H](C)C(=O)O[C@H](C)[C@H](Oc2ccccc2)C(C)C)c1O. The van der Waals surface area contributed by atoms with Gasteiger partial charge in [0.2, 0.25) is 0 Å². The maximum Gasteiger partial charge on any atom is 0.328 e. The highest BCUT2D eigenvalue weighted by Crippen LogP contribution is 2.27. The number of carbonyl (C=O) groups excluding carboxylic acids is 2. The lowest BCUT2D eigenvalue weighted by molar-refractivity contribution is -0.155. The fraction of sp³-hybridized carbons (Fsp3) is 0.409. The van der Waals surface area contributed by atoms with Gasteiger partial charge in [-0.3, -0.25) is 4.79 Å². The van der Waals surface area contributed by atoms with Gasteiger partial charge in [-0.05, 0) is 31.9 Å². The molecule has 0 aliphatic carbocycles. The Kier molecular flexibility index (Phi) is 8.03. The van der Waals surface area contributed by atoms with Gasteiger partial charge in [0.1, 0.15) is 24.0 Å². The number of aromatic hydroxyl groups is 1. The number of rotatable bonds is 9. The number of para-hydroxylation sites is 1. The summed E-state index contributed by atoms with van der Waals surface area (Å²) in [5.74, 6) is -0.875. The van der Waals surface area contributed by atoms with E-state index >= 15 is 0 Å². The first-order valence-corrected chi connectivity index (χ1v) is 9.69. The van der Waals surface area contributed by atoms with Crippen LogP contribution in [0, 0.1) is 5.92 Å². The predicted octanol–water partition coefficient (Wildman–Crippen LogP) is 2.95. The second-order valence-corrected chi connectivity index (χ2v) is 7.19. The van der Waals surface area contributed by atoms with Gasteiger partial charge in [0.05, 0.1) is 7.11 Å². The summed E-state index contributed by atoms with van der Waals surface area (Å²) in [6.07, 6.45) is 0.399. The molecule has 1 heterocycles. The number of benzene rings is 1. The summed E-state index contributed by atoms with van der Waals surface area (Å²) in [6.45, 7) is 7.18. The average Bonchev–Trinajstić information content (AvgIpc) is 2.72. The number of hydrogen-bond donors (Lipinski definition) is 2. The van der Waals surface area contributed by atoms with Crippen LogP contribution in [0.3, 0.4) is 0 Å². The number of ether oxygens (including phenoxy) is 3. The summed E-state index contributed by atoms with van der Waals surface area (Å²) in [5, 5.41) is 12.5. The molecule has 1 amide bonds. The molecule has 1 aromatic heterocycles. The van der Waals surface area contributed by atoms with Crippen LogP contribution in [0.25, 0.3) is 0 Å². The standard InChI is InChI=1S/C22H28N2O6/c1-13(2)20(30-16-9-7-6-8-10-16)15(4)29-22(27)14(3)24-21(26)18-19(25)17(28-5)11-12-23-18/h6-15,20,25H,1-5H3,(H,24,26)/t14-,15-,20-/m1/s1. The lowest BCUT2D eigenvalue weighted by Gasteiger charge is -2.29. The zero-order valence-electron chi connectivity index (χ0n) is 17.8. The Labute approximate surface area is 176 Å². The van der Waals surface area contributed by atoms with Gasteiger partial charge >= 0.3 is 5.97 Å². The van der Waals surface area contributed by atoms with Gasteiger partial charge in [-0.25, -0.2) is 9.78 Å². The van der Waals surface area contributed by atoms with Crippen LogP contribution in [0.5, 0.6) is 17.2 Å². The Hall–Kier alpha value is -3.29. The van der Waals surface area contributed by atoms with Gasteiger partial charge in [-0.1, -0.05) is 32.0 Å². The molecular weight excluding hydrogens is 388 g/mol. The van der Waals surface area contributed by atoms with Crippen molar-refractivity contribution in [2.45, 2.75) is 45.9 Å². The number of hydrogen-bond acceptors (Lipinski definition) is 7. The third kappa shape index (κ3) is 5.85. The predicted molar refractivity (Wildman–Crippen MR) is 111 cm³/mol. The highest BCUT2D eigenvalue weighted by molar-refractivity contribution is 5.97. The molecule has 162 valence electrons. The Morgan fingerprint density at radius 1 is 1.07 bits per heavy atom. The van der Waals surface area contributed by atoms with E-state index in [2.05, 4.69) is 10.3 Å². The summed E-state index contributed by atoms with van der Waals surface area (Å²) < 4.78 is 16.5. The van der Waals surface area contributed by atoms with Gasteiger partial charge in [0.15, 0.2) is 17.2 Å². The number of nitrogens with zero attached hydrogens (tertiary/aromatic N) is 1. The molecular formula is C22H28N2O6. The molecule has 0 saturated heterocycles. The lowest BCUT2D eigenvalue weighted by Crippen LogP contribution is -2.44. The van der Waals surface area contributed by atoms with Crippen molar-refractivity contribution in [2.75, 3.05) is 7.11 Å². The summed E-state index contributed by atoms with van der Waals surface area (Å²) >= 11 is 0. The zero-order chi connectivity index (χ0) is 22.3. The fourth-order valence-electron chi connectivity index (χ4n) is 2.87. The molecule has 0 spiro atoms. The molecule has 2 rings (SSSR count). The number of amides is 1. The highest BCUT2D eigenvalue weighted by atomic mass is 16.6. The number of pyridine rings is 1. The molecule has 0 bridgehead atoms. The topological polar surface area (TPSA) is 107 Å². The first-order chi connectivity index (χ1) is 14.2. The Bertz CT molecular complexity index is 856. The van der Waals surface area contributed by atoms with Crippen LogP contribution in [0.4, 0.5) is 0 Å². The summed E-state index contributed by atoms with van der Waals surface area (Å²) in [4.78, 5) is 28.7. The molecule has 0 radical (unpaired) electrons. The average molecular weight is 416 g/mol. The van der Waals surface area contributed by atoms with Crippen molar-refractivity contribution in [3.63, 3.8) is 0 Å². The van der Waals surface area contributed by atoms with Crippen LogP contribution >= 0.6 is 0 Å². The van der Waals surface area contributed by atoms with Crippen LogP contribution in [0.1, 0.15) is 38.2 Å². The molecule has 30 heavy (non-hydrogen) atoms. The first-order valence-electron chi connectivity index (χ1n) is 9.69. The number of aromatic nitrogens is 1. The minimum Gasteiger partial charge on any atom is -0.503 e. The molecule has 0 fully saturated rings. The number of carbonyl (C=O) groups is 2. The van der Waals surface area contributed by atoms with Gasteiger partial charge < -0.3 is 24.6 Å². The maximum absolute atomic E-state index is 12.5. The fourth-order valence-corrected chi connectivity index (χ4v) is 2.87. The van der Waals surface area contributed by atoms with Crippen LogP contribution in [0.2, 0.25) is 0 Å². The molecule has 2 aromatic rings. The summed E-state index contributed by atoms with van der Waals surface area (Å²) in [6, 6.07) is 9.74. The van der Waals surface area contributed by atoms with E-state index in [1.165, 1.54) is 26.3 Å². The van der Waals surface area contributed by atoms with E-state index in [0.29, 0.717) is 5.75 Å². The molecule has 2 N–H and O–H groups in total. The van der Waals surface area contributed by atoms with Gasteiger partial charge in [0, 0.05) is 12.3 Å². The van der Waals surface area contributed by atoms with Crippen molar-refractivity contribution in [1.82, 2.24) is 10.3 Å². The number of nitrogens with one attached hydrogen (secondary N) is 1. The van der Waals surface area contributed by atoms with E-state index in [4.69, 9.17) is 14.2 Å². The smallest absolute Gasteiger partial charge is 0.328 e. The maximum atomic E-state index is 12.5. The summed E-state index contributed by atoms with van der Waals surface area (Å²) in [5.41, 5.74) is -0.241. The van der Waals surface area contributed by atoms with Crippen LogP contribution in [-0.2, 0) is 9.53 Å². The zero-order valence-corrected chi connectivity index (χ0v) is 17.8. The van der Waals surface area contributed by atoms with Crippen molar-refractivity contribution in [1.29, 1.82) is 0 Å². The third-order valence-electron chi connectivity index (χ3n) is 4.46. The number of methoxy groups -OCH3 is 1. The first kappa shape index (κ1) is 23.0. The highest BCUT2D eigenvalue weighted by Gasteiger charge is 2.29. The quantitative estimate of drug-likeness (QED) is 0.605. The van der Waals surface area contributed by atoms with Crippen molar-refractivity contribution in [3.05, 3.63) is 48.3 Å².